The largest absolute Gasteiger partial charge is 0.395 e. The van der Waals surface area contributed by atoms with Gasteiger partial charge in [0, 0.05) is 15.8 Å². The second kappa shape index (κ2) is 3.47. The summed E-state index contributed by atoms with van der Waals surface area (Å²) in [5, 5.41) is 12.4. The molecule has 0 aromatic heterocycles. The van der Waals surface area contributed by atoms with E-state index in [0.29, 0.717) is 0 Å². The molecule has 1 aliphatic carbocycles. The lowest BCUT2D eigenvalue weighted by atomic mass is 9.94. The normalized spacial score (nSPS) is 17.6. The van der Waals surface area contributed by atoms with Crippen LogP contribution in [0.1, 0.15) is 18.4 Å². The van der Waals surface area contributed by atoms with Crippen molar-refractivity contribution in [2.75, 3.05) is 6.61 Å². The second-order valence-corrected chi connectivity index (χ2v) is 5.02. The van der Waals surface area contributed by atoms with E-state index in [1.807, 2.05) is 12.1 Å². The van der Waals surface area contributed by atoms with Crippen molar-refractivity contribution in [1.82, 2.24) is 0 Å². The van der Waals surface area contributed by atoms with Gasteiger partial charge >= 0.3 is 0 Å². The lowest BCUT2D eigenvalue weighted by Gasteiger charge is -2.13. The van der Waals surface area contributed by atoms with E-state index < -0.39 is 0 Å². The minimum atomic E-state index is 0.0212. The molecule has 1 fully saturated rings. The molecule has 1 nitrogen and oxygen atoms in total. The molecular weight excluding hydrogens is 220 g/mol. The quantitative estimate of drug-likeness (QED) is 0.840. The minimum Gasteiger partial charge on any atom is -0.395 e. The van der Waals surface area contributed by atoms with Crippen molar-refractivity contribution in [3.8, 4) is 0 Å². The van der Waals surface area contributed by atoms with Crippen LogP contribution in [0.4, 0.5) is 0 Å². The van der Waals surface area contributed by atoms with Crippen LogP contribution in [0, 0.1) is 0 Å². The van der Waals surface area contributed by atoms with Gasteiger partial charge in [0.2, 0.25) is 0 Å². The third-order valence-electron chi connectivity index (χ3n) is 3.60. The van der Waals surface area contributed by atoms with Crippen LogP contribution in [0.25, 0.3) is 10.8 Å². The Hall–Kier alpha value is -1.05. The SMILES string of the molecule is OCC1(c2ccc3cccc(Cl)c3c2)CC1. The lowest BCUT2D eigenvalue weighted by Crippen LogP contribution is -2.11. The summed E-state index contributed by atoms with van der Waals surface area (Å²) in [4.78, 5) is 0. The lowest BCUT2D eigenvalue weighted by molar-refractivity contribution is 0.255. The summed E-state index contributed by atoms with van der Waals surface area (Å²) in [5.41, 5.74) is 1.24. The fraction of sp³-hybridized carbons (Fsp3) is 0.286. The molecule has 0 unspecified atom stereocenters. The van der Waals surface area contributed by atoms with E-state index in [0.717, 1.165) is 28.6 Å². The Bertz CT molecular complexity index is 543. The third-order valence-corrected chi connectivity index (χ3v) is 3.93. The molecule has 1 aliphatic rings. The van der Waals surface area contributed by atoms with Crippen LogP contribution in [0.15, 0.2) is 36.4 Å². The number of benzene rings is 2. The highest BCUT2D eigenvalue weighted by molar-refractivity contribution is 6.35. The smallest absolute Gasteiger partial charge is 0.0527 e. The van der Waals surface area contributed by atoms with Crippen molar-refractivity contribution in [3.63, 3.8) is 0 Å². The Morgan fingerprint density at radius 2 is 2.00 bits per heavy atom. The molecule has 3 rings (SSSR count). The van der Waals surface area contributed by atoms with Gasteiger partial charge in [-0.2, -0.15) is 0 Å². The molecule has 0 saturated heterocycles. The number of hydrogen-bond donors (Lipinski definition) is 1. The molecule has 0 atom stereocenters. The van der Waals surface area contributed by atoms with Crippen LogP contribution in [0.5, 0.6) is 0 Å². The fourth-order valence-corrected chi connectivity index (χ4v) is 2.49. The Kier molecular flexibility index (Phi) is 2.20. The molecule has 2 aromatic rings. The van der Waals surface area contributed by atoms with Crippen molar-refractivity contribution in [3.05, 3.63) is 47.0 Å². The van der Waals surface area contributed by atoms with Gasteiger partial charge in [0.05, 0.1) is 6.61 Å². The summed E-state index contributed by atoms with van der Waals surface area (Å²) in [6, 6.07) is 12.3. The number of aliphatic hydroxyl groups excluding tert-OH is 1. The number of hydrogen-bond acceptors (Lipinski definition) is 1. The van der Waals surface area contributed by atoms with Gasteiger partial charge in [-0.05, 0) is 35.9 Å². The Morgan fingerprint density at radius 1 is 1.19 bits per heavy atom. The Labute approximate surface area is 99.7 Å². The topological polar surface area (TPSA) is 20.2 Å². The number of halogens is 1. The third kappa shape index (κ3) is 1.43. The van der Waals surface area contributed by atoms with Crippen molar-refractivity contribution < 1.29 is 5.11 Å². The van der Waals surface area contributed by atoms with Gasteiger partial charge in [0.1, 0.15) is 0 Å². The molecule has 1 N–H and O–H groups in total. The molecule has 82 valence electrons. The van der Waals surface area contributed by atoms with Gasteiger partial charge in [-0.15, -0.1) is 0 Å². The molecule has 0 radical (unpaired) electrons. The molecule has 0 heterocycles. The predicted octanol–water partition coefficient (Wildman–Crippen LogP) is 3.52. The first-order valence-corrected chi connectivity index (χ1v) is 5.93. The van der Waals surface area contributed by atoms with Gasteiger partial charge in [-0.3, -0.25) is 0 Å². The van der Waals surface area contributed by atoms with Crippen molar-refractivity contribution in [2.45, 2.75) is 18.3 Å². The molecule has 2 aromatic carbocycles. The van der Waals surface area contributed by atoms with E-state index >= 15 is 0 Å². The Morgan fingerprint density at radius 3 is 2.69 bits per heavy atom. The zero-order valence-electron chi connectivity index (χ0n) is 8.91. The van der Waals surface area contributed by atoms with Crippen LogP contribution in [-0.2, 0) is 5.41 Å². The average Bonchev–Trinajstić information content (AvgIpc) is 3.10. The average molecular weight is 233 g/mol. The van der Waals surface area contributed by atoms with E-state index in [2.05, 4.69) is 24.3 Å². The first kappa shape index (κ1) is 10.1. The summed E-state index contributed by atoms with van der Waals surface area (Å²) >= 11 is 6.18. The number of fused-ring (bicyclic) bond motifs is 1. The Balaban J connectivity index is 2.19. The second-order valence-electron chi connectivity index (χ2n) is 4.61. The maximum Gasteiger partial charge on any atom is 0.0527 e. The summed E-state index contributed by atoms with van der Waals surface area (Å²) in [5.74, 6) is 0. The van der Waals surface area contributed by atoms with Gasteiger partial charge < -0.3 is 5.11 Å². The van der Waals surface area contributed by atoms with Crippen LogP contribution in [-0.4, -0.2) is 11.7 Å². The van der Waals surface area contributed by atoms with E-state index in [1.54, 1.807) is 0 Å². The zero-order valence-corrected chi connectivity index (χ0v) is 9.67. The zero-order chi connectivity index (χ0) is 11.2. The number of rotatable bonds is 2. The fourth-order valence-electron chi connectivity index (χ4n) is 2.25. The maximum absolute atomic E-state index is 9.42. The summed E-state index contributed by atoms with van der Waals surface area (Å²) in [6.45, 7) is 0.239. The minimum absolute atomic E-state index is 0.0212. The highest BCUT2D eigenvalue weighted by atomic mass is 35.5. The standard InChI is InChI=1S/C14H13ClO/c15-13-3-1-2-10-4-5-11(8-12(10)13)14(9-16)6-7-14/h1-5,8,16H,6-7,9H2. The van der Waals surface area contributed by atoms with Crippen molar-refractivity contribution >= 4 is 22.4 Å². The van der Waals surface area contributed by atoms with E-state index in [4.69, 9.17) is 11.6 Å². The highest BCUT2D eigenvalue weighted by Gasteiger charge is 2.43. The summed E-state index contributed by atoms with van der Waals surface area (Å²) in [7, 11) is 0. The highest BCUT2D eigenvalue weighted by Crippen LogP contribution is 2.48. The van der Waals surface area contributed by atoms with E-state index in [1.165, 1.54) is 5.56 Å². The van der Waals surface area contributed by atoms with Crippen LogP contribution in [0.2, 0.25) is 5.02 Å². The summed E-state index contributed by atoms with van der Waals surface area (Å²) < 4.78 is 0. The van der Waals surface area contributed by atoms with Crippen LogP contribution >= 0.6 is 11.6 Å². The summed E-state index contributed by atoms with van der Waals surface area (Å²) in [6.07, 6.45) is 2.17. The molecule has 2 heteroatoms. The van der Waals surface area contributed by atoms with Crippen LogP contribution in [0.3, 0.4) is 0 Å². The first-order chi connectivity index (χ1) is 7.75. The molecule has 0 amide bonds. The molecule has 0 bridgehead atoms. The van der Waals surface area contributed by atoms with Crippen molar-refractivity contribution in [1.29, 1.82) is 0 Å². The van der Waals surface area contributed by atoms with Gasteiger partial charge in [-0.25, -0.2) is 0 Å². The molecule has 16 heavy (non-hydrogen) atoms. The molecular formula is C14H13ClO. The van der Waals surface area contributed by atoms with Gasteiger partial charge in [0.15, 0.2) is 0 Å². The van der Waals surface area contributed by atoms with Gasteiger partial charge in [-0.1, -0.05) is 35.9 Å². The van der Waals surface area contributed by atoms with E-state index in [-0.39, 0.29) is 12.0 Å². The maximum atomic E-state index is 9.42. The van der Waals surface area contributed by atoms with Crippen LogP contribution < -0.4 is 0 Å². The molecule has 0 spiro atoms. The van der Waals surface area contributed by atoms with Gasteiger partial charge in [0.25, 0.3) is 0 Å². The predicted molar refractivity (Wildman–Crippen MR) is 67.0 cm³/mol. The molecule has 0 aliphatic heterocycles. The monoisotopic (exact) mass is 232 g/mol. The van der Waals surface area contributed by atoms with Crippen molar-refractivity contribution in [2.24, 2.45) is 0 Å². The first-order valence-electron chi connectivity index (χ1n) is 5.55. The van der Waals surface area contributed by atoms with E-state index in [9.17, 15) is 5.11 Å². The number of aliphatic hydroxyl groups is 1. The molecule has 1 saturated carbocycles.